The molecule has 0 bridgehead atoms. The number of nitrogens with one attached hydrogen (secondary N) is 2. The van der Waals surface area contributed by atoms with Crippen molar-refractivity contribution in [2.24, 2.45) is 5.92 Å². The van der Waals surface area contributed by atoms with Crippen molar-refractivity contribution in [1.82, 2.24) is 15.3 Å². The number of furan rings is 1. The van der Waals surface area contributed by atoms with Gasteiger partial charge in [0.15, 0.2) is 5.76 Å². The largest absolute Gasteiger partial charge is 0.459 e. The normalized spacial score (nSPS) is 18.0. The summed E-state index contributed by atoms with van der Waals surface area (Å²) in [7, 11) is 0. The maximum absolute atomic E-state index is 12.1. The number of aromatic nitrogens is 2. The molecule has 1 aliphatic heterocycles. The van der Waals surface area contributed by atoms with E-state index in [1.54, 1.807) is 6.07 Å². The van der Waals surface area contributed by atoms with Crippen molar-refractivity contribution in [3.8, 4) is 0 Å². The van der Waals surface area contributed by atoms with Gasteiger partial charge in [0.05, 0.1) is 12.6 Å². The molecule has 1 unspecified atom stereocenters. The molecule has 1 atom stereocenters. The lowest BCUT2D eigenvalue weighted by molar-refractivity contribution is 0.0917. The molecule has 23 heavy (non-hydrogen) atoms. The highest BCUT2D eigenvalue weighted by Gasteiger charge is 2.22. The fourth-order valence-electron chi connectivity index (χ4n) is 2.89. The molecule has 1 fully saturated rings. The Morgan fingerprint density at radius 1 is 1.57 bits per heavy atom. The van der Waals surface area contributed by atoms with Gasteiger partial charge >= 0.3 is 0 Å². The molecule has 0 saturated carbocycles. The van der Waals surface area contributed by atoms with E-state index in [1.807, 2.05) is 6.92 Å². The van der Waals surface area contributed by atoms with Crippen LogP contribution in [0, 0.1) is 12.8 Å². The van der Waals surface area contributed by atoms with Gasteiger partial charge in [-0.1, -0.05) is 0 Å². The first kappa shape index (κ1) is 15.3. The van der Waals surface area contributed by atoms with Crippen LogP contribution < -0.4 is 15.8 Å². The van der Waals surface area contributed by atoms with Gasteiger partial charge < -0.3 is 19.6 Å². The molecule has 7 nitrogen and oxygen atoms in total. The minimum Gasteiger partial charge on any atom is -0.459 e. The summed E-state index contributed by atoms with van der Waals surface area (Å²) in [6.07, 6.45) is 4.99. The van der Waals surface area contributed by atoms with Gasteiger partial charge in [0.25, 0.3) is 11.5 Å². The standard InChI is InChI=1S/C16H20N4O3/c1-11-4-6-23-15(11)16(22)17-8-12-3-2-5-20(9-12)13-7-14(21)19-10-18-13/h4,6-7,10,12H,2-3,5,8-9H2,1H3,(H,17,22)(H,18,19,21). The van der Waals surface area contributed by atoms with Gasteiger partial charge in [-0.25, -0.2) is 4.98 Å². The molecule has 2 N–H and O–H groups in total. The Morgan fingerprint density at radius 2 is 2.43 bits per heavy atom. The SMILES string of the molecule is Cc1ccoc1C(=O)NCC1CCCN(c2cc(=O)[nH]cn2)C1. The number of hydrogen-bond donors (Lipinski definition) is 2. The minimum absolute atomic E-state index is 0.154. The molecule has 2 aromatic heterocycles. The van der Waals surface area contributed by atoms with E-state index in [4.69, 9.17) is 4.42 Å². The zero-order chi connectivity index (χ0) is 16.2. The molecule has 0 aliphatic carbocycles. The number of piperidine rings is 1. The number of amides is 1. The summed E-state index contributed by atoms with van der Waals surface area (Å²) in [5, 5.41) is 2.93. The Hall–Kier alpha value is -2.57. The van der Waals surface area contributed by atoms with Gasteiger partial charge in [-0.3, -0.25) is 9.59 Å². The third kappa shape index (κ3) is 3.61. The molecule has 3 heterocycles. The van der Waals surface area contributed by atoms with Crippen molar-refractivity contribution in [1.29, 1.82) is 0 Å². The molecule has 0 aromatic carbocycles. The molecule has 1 aliphatic rings. The third-order valence-electron chi connectivity index (χ3n) is 4.13. The number of aryl methyl sites for hydroxylation is 1. The summed E-state index contributed by atoms with van der Waals surface area (Å²) in [4.78, 5) is 32.3. The monoisotopic (exact) mass is 316 g/mol. The second-order valence-corrected chi connectivity index (χ2v) is 5.87. The van der Waals surface area contributed by atoms with Crippen molar-refractivity contribution >= 4 is 11.7 Å². The molecule has 3 rings (SSSR count). The van der Waals surface area contributed by atoms with Crippen molar-refractivity contribution in [3.63, 3.8) is 0 Å². The van der Waals surface area contributed by atoms with Gasteiger partial charge in [-0.2, -0.15) is 0 Å². The first-order valence-electron chi connectivity index (χ1n) is 7.75. The summed E-state index contributed by atoms with van der Waals surface area (Å²) < 4.78 is 5.20. The number of carbonyl (C=O) groups is 1. The van der Waals surface area contributed by atoms with E-state index >= 15 is 0 Å². The molecule has 7 heteroatoms. The molecular weight excluding hydrogens is 296 g/mol. The summed E-state index contributed by atoms with van der Waals surface area (Å²) in [5.74, 6) is 1.20. The number of carbonyl (C=O) groups excluding carboxylic acids is 1. The van der Waals surface area contributed by atoms with Gasteiger partial charge in [-0.05, 0) is 31.7 Å². The lowest BCUT2D eigenvalue weighted by Crippen LogP contribution is -2.41. The molecule has 1 saturated heterocycles. The van der Waals surface area contributed by atoms with Crippen LogP contribution in [-0.2, 0) is 0 Å². The third-order valence-corrected chi connectivity index (χ3v) is 4.13. The van der Waals surface area contributed by atoms with Crippen LogP contribution in [0.5, 0.6) is 0 Å². The molecule has 2 aromatic rings. The summed E-state index contributed by atoms with van der Waals surface area (Å²) >= 11 is 0. The highest BCUT2D eigenvalue weighted by Crippen LogP contribution is 2.20. The van der Waals surface area contributed by atoms with Crippen LogP contribution in [0.25, 0.3) is 0 Å². The fraction of sp³-hybridized carbons (Fsp3) is 0.438. The van der Waals surface area contributed by atoms with Crippen molar-refractivity contribution in [2.45, 2.75) is 19.8 Å². The Bertz CT molecular complexity index is 737. The molecule has 0 spiro atoms. The first-order chi connectivity index (χ1) is 11.1. The molecule has 122 valence electrons. The summed E-state index contributed by atoms with van der Waals surface area (Å²) in [6.45, 7) is 4.07. The quantitative estimate of drug-likeness (QED) is 0.887. The zero-order valence-corrected chi connectivity index (χ0v) is 13.0. The topological polar surface area (TPSA) is 91.2 Å². The second-order valence-electron chi connectivity index (χ2n) is 5.87. The average Bonchev–Trinajstić information content (AvgIpc) is 2.99. The maximum Gasteiger partial charge on any atom is 0.287 e. The molecule has 0 radical (unpaired) electrons. The number of anilines is 1. The summed E-state index contributed by atoms with van der Waals surface area (Å²) in [5.41, 5.74) is 0.680. The van der Waals surface area contributed by atoms with Crippen LogP contribution in [0.4, 0.5) is 5.82 Å². The zero-order valence-electron chi connectivity index (χ0n) is 13.0. The highest BCUT2D eigenvalue weighted by molar-refractivity contribution is 5.92. The van der Waals surface area contributed by atoms with E-state index in [0.29, 0.717) is 24.0 Å². The second kappa shape index (κ2) is 6.68. The van der Waals surface area contributed by atoms with Crippen molar-refractivity contribution < 1.29 is 9.21 Å². The van der Waals surface area contributed by atoms with E-state index in [2.05, 4.69) is 20.2 Å². The predicted octanol–water partition coefficient (Wildman–Crippen LogP) is 1.32. The van der Waals surface area contributed by atoms with Crippen LogP contribution in [0.1, 0.15) is 29.0 Å². The number of nitrogens with zero attached hydrogens (tertiary/aromatic N) is 2. The van der Waals surface area contributed by atoms with E-state index in [-0.39, 0.29) is 11.5 Å². The number of hydrogen-bond acceptors (Lipinski definition) is 5. The van der Waals surface area contributed by atoms with Gasteiger partial charge in [0.2, 0.25) is 0 Å². The molecular formula is C16H20N4O3. The van der Waals surface area contributed by atoms with Gasteiger partial charge in [0.1, 0.15) is 5.82 Å². The maximum atomic E-state index is 12.1. The van der Waals surface area contributed by atoms with E-state index in [0.717, 1.165) is 31.5 Å². The smallest absolute Gasteiger partial charge is 0.287 e. The Labute approximate surface area is 133 Å². The lowest BCUT2D eigenvalue weighted by atomic mass is 9.98. The lowest BCUT2D eigenvalue weighted by Gasteiger charge is -2.33. The number of rotatable bonds is 4. The van der Waals surface area contributed by atoms with E-state index in [1.165, 1.54) is 18.7 Å². The van der Waals surface area contributed by atoms with E-state index in [9.17, 15) is 9.59 Å². The minimum atomic E-state index is -0.182. The number of aromatic amines is 1. The molecule has 1 amide bonds. The van der Waals surface area contributed by atoms with Crippen LogP contribution in [0.15, 0.2) is 33.9 Å². The van der Waals surface area contributed by atoms with Crippen LogP contribution in [-0.4, -0.2) is 35.5 Å². The average molecular weight is 316 g/mol. The Kier molecular flexibility index (Phi) is 4.45. The number of H-pyrrole nitrogens is 1. The van der Waals surface area contributed by atoms with Crippen LogP contribution in [0.3, 0.4) is 0 Å². The first-order valence-corrected chi connectivity index (χ1v) is 7.75. The summed E-state index contributed by atoms with van der Waals surface area (Å²) in [6, 6.07) is 3.28. The van der Waals surface area contributed by atoms with Crippen LogP contribution in [0.2, 0.25) is 0 Å². The van der Waals surface area contributed by atoms with Crippen molar-refractivity contribution in [3.05, 3.63) is 46.4 Å². The Morgan fingerprint density at radius 3 is 3.17 bits per heavy atom. The van der Waals surface area contributed by atoms with Crippen molar-refractivity contribution in [2.75, 3.05) is 24.5 Å². The van der Waals surface area contributed by atoms with E-state index < -0.39 is 0 Å². The predicted molar refractivity (Wildman–Crippen MR) is 85.6 cm³/mol. The van der Waals surface area contributed by atoms with Gasteiger partial charge in [0, 0.05) is 31.3 Å². The fourth-order valence-corrected chi connectivity index (χ4v) is 2.89. The van der Waals surface area contributed by atoms with Crippen LogP contribution >= 0.6 is 0 Å². The highest BCUT2D eigenvalue weighted by atomic mass is 16.3. The Balaban J connectivity index is 1.58. The van der Waals surface area contributed by atoms with Gasteiger partial charge in [-0.15, -0.1) is 0 Å².